The van der Waals surface area contributed by atoms with Gasteiger partial charge in [-0.15, -0.1) is 11.3 Å². The van der Waals surface area contributed by atoms with Crippen LogP contribution in [0.4, 0.5) is 0 Å². The fraction of sp³-hybridized carbons (Fsp3) is 0.774. The maximum absolute atomic E-state index is 13.6. The molecule has 36 heavy (non-hydrogen) atoms. The molecule has 1 aromatic rings. The summed E-state index contributed by atoms with van der Waals surface area (Å²) in [6.45, 7) is 11.4. The van der Waals surface area contributed by atoms with Crippen molar-refractivity contribution in [3.8, 4) is 0 Å². The quantitative estimate of drug-likeness (QED) is 0.447. The van der Waals surface area contributed by atoms with Crippen molar-refractivity contribution >= 4 is 28.8 Å². The number of carbonyl (C=O) groups is 3. The summed E-state index contributed by atoms with van der Waals surface area (Å²) in [5.74, 6) is 3.39. The molecule has 4 saturated carbocycles. The molecule has 0 spiro atoms. The molecule has 4 aliphatic rings. The first kappa shape index (κ1) is 26.1. The van der Waals surface area contributed by atoms with Gasteiger partial charge in [-0.2, -0.15) is 0 Å². The number of fused-ring (bicyclic) bond motifs is 5. The van der Waals surface area contributed by atoms with Crippen LogP contribution in [0.25, 0.3) is 0 Å². The van der Waals surface area contributed by atoms with E-state index in [2.05, 4.69) is 57.4 Å². The molecule has 9 atom stereocenters. The van der Waals surface area contributed by atoms with Crippen LogP contribution in [0.15, 0.2) is 17.5 Å². The van der Waals surface area contributed by atoms with Crippen molar-refractivity contribution in [1.29, 1.82) is 0 Å². The molecule has 0 bridgehead atoms. The third-order valence-electron chi connectivity index (χ3n) is 11.4. The molecule has 1 heterocycles. The third-order valence-corrected chi connectivity index (χ3v) is 12.3. The number of rotatable bonds is 6. The second-order valence-electron chi connectivity index (χ2n) is 13.6. The molecule has 4 fully saturated rings. The number of hydrogen-bond donors (Lipinski definition) is 1. The van der Waals surface area contributed by atoms with Crippen LogP contribution in [-0.4, -0.2) is 17.5 Å². The summed E-state index contributed by atoms with van der Waals surface area (Å²) in [5, 5.41) is 5.42. The molecule has 5 rings (SSSR count). The predicted octanol–water partition coefficient (Wildman–Crippen LogP) is 6.99. The normalized spacial score (nSPS) is 39.8. The average Bonchev–Trinajstić information content (AvgIpc) is 3.46. The summed E-state index contributed by atoms with van der Waals surface area (Å²) in [5.41, 5.74) is 0.278. The molecule has 1 unspecified atom stereocenters. The lowest BCUT2D eigenvalue weighted by atomic mass is 9.44. The number of amides is 1. The van der Waals surface area contributed by atoms with E-state index in [1.165, 1.54) is 4.88 Å². The Morgan fingerprint density at radius 2 is 1.81 bits per heavy atom. The largest absolute Gasteiger partial charge is 0.348 e. The fourth-order valence-electron chi connectivity index (χ4n) is 9.40. The van der Waals surface area contributed by atoms with Gasteiger partial charge in [0.2, 0.25) is 5.91 Å². The first-order chi connectivity index (χ1) is 17.0. The number of hydrogen-bond acceptors (Lipinski definition) is 4. The Labute approximate surface area is 221 Å². The van der Waals surface area contributed by atoms with Crippen LogP contribution in [0, 0.1) is 52.3 Å². The maximum atomic E-state index is 13.6. The average molecular weight is 512 g/mol. The molecule has 1 amide bonds. The molecule has 1 aromatic heterocycles. The van der Waals surface area contributed by atoms with E-state index in [9.17, 15) is 14.4 Å². The Morgan fingerprint density at radius 3 is 2.50 bits per heavy atom. The summed E-state index contributed by atoms with van der Waals surface area (Å²) >= 11 is 1.71. The molecule has 0 aromatic carbocycles. The topological polar surface area (TPSA) is 63.2 Å². The van der Waals surface area contributed by atoms with Gasteiger partial charge in [0.25, 0.3) is 0 Å². The zero-order valence-electron chi connectivity index (χ0n) is 22.8. The van der Waals surface area contributed by atoms with Gasteiger partial charge in [-0.3, -0.25) is 14.4 Å². The van der Waals surface area contributed by atoms with E-state index in [1.54, 1.807) is 11.3 Å². The van der Waals surface area contributed by atoms with Crippen LogP contribution >= 0.6 is 11.3 Å². The van der Waals surface area contributed by atoms with E-state index in [-0.39, 0.29) is 34.6 Å². The summed E-state index contributed by atoms with van der Waals surface area (Å²) < 4.78 is 0. The van der Waals surface area contributed by atoms with E-state index >= 15 is 0 Å². The predicted molar refractivity (Wildman–Crippen MR) is 144 cm³/mol. The highest BCUT2D eigenvalue weighted by atomic mass is 32.1. The highest BCUT2D eigenvalue weighted by Crippen LogP contribution is 2.67. The summed E-state index contributed by atoms with van der Waals surface area (Å²) in [6, 6.07) is 4.25. The van der Waals surface area contributed by atoms with Crippen LogP contribution < -0.4 is 5.32 Å². The smallest absolute Gasteiger partial charge is 0.220 e. The van der Waals surface area contributed by atoms with Crippen LogP contribution in [0.2, 0.25) is 0 Å². The second kappa shape index (κ2) is 9.67. The number of ketones is 2. The van der Waals surface area contributed by atoms with Crippen molar-refractivity contribution in [3.63, 3.8) is 0 Å². The molecule has 198 valence electrons. The molecule has 0 radical (unpaired) electrons. The first-order valence-corrected chi connectivity index (χ1v) is 15.3. The van der Waals surface area contributed by atoms with E-state index < -0.39 is 0 Å². The molecule has 0 saturated heterocycles. The number of nitrogens with one attached hydrogen (secondary N) is 1. The molecule has 5 heteroatoms. The molecular formula is C31H45NO3S. The van der Waals surface area contributed by atoms with E-state index in [1.807, 2.05) is 0 Å². The third kappa shape index (κ3) is 4.31. The minimum atomic E-state index is 0.0722. The zero-order chi connectivity index (χ0) is 25.8. The van der Waals surface area contributed by atoms with Crippen molar-refractivity contribution in [2.45, 2.75) is 98.4 Å². The highest BCUT2D eigenvalue weighted by molar-refractivity contribution is 7.10. The van der Waals surface area contributed by atoms with Crippen LogP contribution in [-0.2, 0) is 14.4 Å². The highest BCUT2D eigenvalue weighted by Gasteiger charge is 2.63. The van der Waals surface area contributed by atoms with Gasteiger partial charge in [-0.25, -0.2) is 0 Å². The lowest BCUT2D eigenvalue weighted by Gasteiger charge is -2.59. The Bertz CT molecular complexity index is 1000. The van der Waals surface area contributed by atoms with E-state index in [0.29, 0.717) is 66.8 Å². The van der Waals surface area contributed by atoms with Gasteiger partial charge in [-0.05, 0) is 89.9 Å². The van der Waals surface area contributed by atoms with Crippen molar-refractivity contribution < 1.29 is 14.4 Å². The Kier molecular flexibility index (Phi) is 7.02. The SMILES string of the molecule is CC(C)C(NC(=O)C[C@@H](C)[C@H]1CC[C@H]2[C@@H]3C(=O)C[C@@H]4CC(=O)CC[C@]4(C)[C@H]3CC[C@]12C)c1cccs1. The monoisotopic (exact) mass is 511 g/mol. The molecular weight excluding hydrogens is 466 g/mol. The zero-order valence-corrected chi connectivity index (χ0v) is 23.7. The van der Waals surface area contributed by atoms with Gasteiger partial charge >= 0.3 is 0 Å². The summed E-state index contributed by atoms with van der Waals surface area (Å²) in [4.78, 5) is 40.2. The summed E-state index contributed by atoms with van der Waals surface area (Å²) in [7, 11) is 0. The Hall–Kier alpha value is -1.49. The van der Waals surface area contributed by atoms with Gasteiger partial charge in [-0.1, -0.05) is 40.7 Å². The maximum Gasteiger partial charge on any atom is 0.220 e. The van der Waals surface area contributed by atoms with Gasteiger partial charge in [0, 0.05) is 36.5 Å². The van der Waals surface area contributed by atoms with Gasteiger partial charge in [0.1, 0.15) is 11.6 Å². The number of thiophene rings is 1. The summed E-state index contributed by atoms with van der Waals surface area (Å²) in [6.07, 6.45) is 7.96. The van der Waals surface area contributed by atoms with Gasteiger partial charge in [0.05, 0.1) is 6.04 Å². The van der Waals surface area contributed by atoms with Crippen molar-refractivity contribution in [2.24, 2.45) is 52.3 Å². The molecule has 1 N–H and O–H groups in total. The van der Waals surface area contributed by atoms with Crippen molar-refractivity contribution in [3.05, 3.63) is 22.4 Å². The van der Waals surface area contributed by atoms with Crippen LogP contribution in [0.5, 0.6) is 0 Å². The van der Waals surface area contributed by atoms with Gasteiger partial charge < -0.3 is 5.32 Å². The Balaban J connectivity index is 1.29. The van der Waals surface area contributed by atoms with Crippen LogP contribution in [0.3, 0.4) is 0 Å². The molecule has 4 aliphatic carbocycles. The van der Waals surface area contributed by atoms with Crippen LogP contribution in [0.1, 0.15) is 103 Å². The minimum absolute atomic E-state index is 0.0722. The standard InChI is InChI=1S/C31H45NO3S/c1-18(2)29(26-7-6-14-36-26)32-27(35)15-19(3)22-8-9-23-28-24(11-13-31(22,23)5)30(4)12-10-21(33)16-20(30)17-25(28)34/h6-7,14,18-20,22-24,28-29H,8-13,15-17H2,1-5H3,(H,32,35)/t19-,20+,22-,23+,24+,28+,29?,30+,31-/m1/s1. The van der Waals surface area contributed by atoms with Gasteiger partial charge in [0.15, 0.2) is 0 Å². The lowest BCUT2D eigenvalue weighted by molar-refractivity contribution is -0.159. The Morgan fingerprint density at radius 1 is 1.06 bits per heavy atom. The van der Waals surface area contributed by atoms with Crippen molar-refractivity contribution in [2.75, 3.05) is 0 Å². The van der Waals surface area contributed by atoms with Crippen molar-refractivity contribution in [1.82, 2.24) is 5.32 Å². The molecule has 0 aliphatic heterocycles. The minimum Gasteiger partial charge on any atom is -0.348 e. The molecule has 4 nitrogen and oxygen atoms in total. The van der Waals surface area contributed by atoms with E-state index in [4.69, 9.17) is 0 Å². The number of Topliss-reactive ketones (excluding diaryl/α,β-unsaturated/α-hetero) is 2. The first-order valence-electron chi connectivity index (χ1n) is 14.4. The van der Waals surface area contributed by atoms with E-state index in [0.717, 1.165) is 32.1 Å². The fourth-order valence-corrected chi connectivity index (χ4v) is 10.3. The number of carbonyl (C=O) groups excluding carboxylic acids is 3. The second-order valence-corrected chi connectivity index (χ2v) is 14.5. The lowest BCUT2D eigenvalue weighted by Crippen LogP contribution is -2.57.